The molecule has 3 aromatic rings. The largest absolute Gasteiger partial charge is 0.508 e. The molecular weight excluding hydrogens is 384 g/mol. The number of carbonyl (C=O) groups is 3. The molecule has 0 atom stereocenters. The number of hydrogen-bond donors (Lipinski definition) is 3. The van der Waals surface area contributed by atoms with Crippen LogP contribution in [0.1, 0.15) is 26.3 Å². The summed E-state index contributed by atoms with van der Waals surface area (Å²) in [5.74, 6) is -1.75. The minimum absolute atomic E-state index is 0.0793. The fourth-order valence-electron chi connectivity index (χ4n) is 2.70. The number of aromatic hydroxyl groups is 1. The number of nitrogens with one attached hydrogen (secondary N) is 2. The lowest BCUT2D eigenvalue weighted by Crippen LogP contribution is -2.26. The zero-order valence-electron chi connectivity index (χ0n) is 16.0. The van der Waals surface area contributed by atoms with Gasteiger partial charge in [0.1, 0.15) is 5.75 Å². The van der Waals surface area contributed by atoms with Crippen molar-refractivity contribution in [2.75, 3.05) is 11.9 Å². The molecule has 152 valence electrons. The molecule has 0 heterocycles. The van der Waals surface area contributed by atoms with Crippen molar-refractivity contribution in [2.24, 2.45) is 0 Å². The van der Waals surface area contributed by atoms with Gasteiger partial charge in [0.05, 0.1) is 16.8 Å². The lowest BCUT2D eigenvalue weighted by atomic mass is 10.1. The molecule has 0 fully saturated rings. The molecule has 0 radical (unpaired) electrons. The highest BCUT2D eigenvalue weighted by Gasteiger charge is 2.15. The van der Waals surface area contributed by atoms with Crippen LogP contribution in [-0.4, -0.2) is 29.5 Å². The number of para-hydroxylation sites is 1. The van der Waals surface area contributed by atoms with Crippen LogP contribution in [0, 0.1) is 0 Å². The molecule has 3 aromatic carbocycles. The van der Waals surface area contributed by atoms with Gasteiger partial charge in [0, 0.05) is 6.54 Å². The van der Waals surface area contributed by atoms with E-state index in [0.29, 0.717) is 17.8 Å². The van der Waals surface area contributed by atoms with Crippen LogP contribution < -0.4 is 10.6 Å². The fraction of sp³-hybridized carbons (Fsp3) is 0.0870. The molecule has 3 N–H and O–H groups in total. The van der Waals surface area contributed by atoms with Crippen LogP contribution in [0.4, 0.5) is 5.69 Å². The second-order valence-electron chi connectivity index (χ2n) is 6.39. The van der Waals surface area contributed by atoms with E-state index in [1.54, 1.807) is 24.3 Å². The SMILES string of the molecule is O=C(COC(=O)c1cccc(O)c1)Nc1ccccc1C(=O)NCc1ccccc1. The van der Waals surface area contributed by atoms with Crippen LogP contribution in [0.5, 0.6) is 5.75 Å². The van der Waals surface area contributed by atoms with E-state index >= 15 is 0 Å². The van der Waals surface area contributed by atoms with Gasteiger partial charge in [-0.05, 0) is 35.9 Å². The highest BCUT2D eigenvalue weighted by molar-refractivity contribution is 6.04. The summed E-state index contributed by atoms with van der Waals surface area (Å²) in [5.41, 5.74) is 1.68. The maximum Gasteiger partial charge on any atom is 0.338 e. The lowest BCUT2D eigenvalue weighted by molar-refractivity contribution is -0.119. The van der Waals surface area contributed by atoms with Gasteiger partial charge in [0.25, 0.3) is 11.8 Å². The Kier molecular flexibility index (Phi) is 6.78. The summed E-state index contributed by atoms with van der Waals surface area (Å²) < 4.78 is 4.96. The number of rotatable bonds is 7. The van der Waals surface area contributed by atoms with Gasteiger partial charge in [-0.1, -0.05) is 48.5 Å². The van der Waals surface area contributed by atoms with Gasteiger partial charge in [-0.3, -0.25) is 9.59 Å². The topological polar surface area (TPSA) is 105 Å². The monoisotopic (exact) mass is 404 g/mol. The van der Waals surface area contributed by atoms with E-state index in [-0.39, 0.29) is 17.2 Å². The molecule has 0 unspecified atom stereocenters. The summed E-state index contributed by atoms with van der Waals surface area (Å²) in [7, 11) is 0. The van der Waals surface area contributed by atoms with E-state index in [9.17, 15) is 19.5 Å². The van der Waals surface area contributed by atoms with Crippen LogP contribution in [0.25, 0.3) is 0 Å². The van der Waals surface area contributed by atoms with E-state index in [0.717, 1.165) is 5.56 Å². The van der Waals surface area contributed by atoms with E-state index in [2.05, 4.69) is 10.6 Å². The van der Waals surface area contributed by atoms with Crippen molar-refractivity contribution in [2.45, 2.75) is 6.54 Å². The lowest BCUT2D eigenvalue weighted by Gasteiger charge is -2.12. The predicted molar refractivity (Wildman–Crippen MR) is 111 cm³/mol. The molecule has 0 aliphatic rings. The Hall–Kier alpha value is -4.13. The van der Waals surface area contributed by atoms with E-state index < -0.39 is 18.5 Å². The minimum Gasteiger partial charge on any atom is -0.508 e. The van der Waals surface area contributed by atoms with Gasteiger partial charge in [0.2, 0.25) is 0 Å². The maximum absolute atomic E-state index is 12.5. The fourth-order valence-corrected chi connectivity index (χ4v) is 2.70. The number of carbonyl (C=O) groups excluding carboxylic acids is 3. The number of phenolic OH excluding ortho intramolecular Hbond substituents is 1. The molecule has 0 aliphatic heterocycles. The van der Waals surface area contributed by atoms with Crippen molar-refractivity contribution < 1.29 is 24.2 Å². The van der Waals surface area contributed by atoms with Gasteiger partial charge in [-0.15, -0.1) is 0 Å². The predicted octanol–water partition coefficient (Wildman–Crippen LogP) is 3.12. The highest BCUT2D eigenvalue weighted by Crippen LogP contribution is 2.16. The Morgan fingerprint density at radius 1 is 0.867 bits per heavy atom. The molecule has 2 amide bonds. The van der Waals surface area contributed by atoms with Gasteiger partial charge in [-0.2, -0.15) is 0 Å². The molecule has 3 rings (SSSR count). The molecule has 7 nitrogen and oxygen atoms in total. The Labute approximate surface area is 173 Å². The average Bonchev–Trinajstić information content (AvgIpc) is 2.77. The smallest absolute Gasteiger partial charge is 0.338 e. The zero-order valence-corrected chi connectivity index (χ0v) is 16.0. The molecule has 0 bridgehead atoms. The Bertz CT molecular complexity index is 1050. The normalized spacial score (nSPS) is 10.1. The first-order valence-corrected chi connectivity index (χ1v) is 9.20. The first kappa shape index (κ1) is 20.6. The molecular formula is C23H20N2O5. The van der Waals surface area contributed by atoms with Crippen molar-refractivity contribution >= 4 is 23.5 Å². The van der Waals surface area contributed by atoms with E-state index in [1.165, 1.54) is 24.3 Å². The number of amides is 2. The zero-order chi connectivity index (χ0) is 21.3. The number of ether oxygens (including phenoxy) is 1. The van der Waals surface area contributed by atoms with Crippen molar-refractivity contribution in [1.82, 2.24) is 5.32 Å². The maximum atomic E-state index is 12.5. The number of esters is 1. The van der Waals surface area contributed by atoms with Crippen LogP contribution in [0.15, 0.2) is 78.9 Å². The van der Waals surface area contributed by atoms with Gasteiger partial charge in [-0.25, -0.2) is 4.79 Å². The second kappa shape index (κ2) is 9.88. The van der Waals surface area contributed by atoms with Crippen LogP contribution >= 0.6 is 0 Å². The Balaban J connectivity index is 1.57. The van der Waals surface area contributed by atoms with Gasteiger partial charge in [0.15, 0.2) is 6.61 Å². The van der Waals surface area contributed by atoms with Crippen LogP contribution in [0.2, 0.25) is 0 Å². The van der Waals surface area contributed by atoms with Crippen molar-refractivity contribution in [3.05, 3.63) is 95.6 Å². The molecule has 7 heteroatoms. The Morgan fingerprint density at radius 3 is 2.37 bits per heavy atom. The van der Waals surface area contributed by atoms with Gasteiger partial charge >= 0.3 is 5.97 Å². The van der Waals surface area contributed by atoms with Crippen molar-refractivity contribution in [3.63, 3.8) is 0 Å². The van der Waals surface area contributed by atoms with E-state index in [1.807, 2.05) is 30.3 Å². The number of phenols is 1. The third kappa shape index (κ3) is 5.68. The average molecular weight is 404 g/mol. The molecule has 0 aliphatic carbocycles. The quantitative estimate of drug-likeness (QED) is 0.525. The first-order chi connectivity index (χ1) is 14.5. The van der Waals surface area contributed by atoms with E-state index in [4.69, 9.17) is 4.74 Å². The number of hydrogen-bond acceptors (Lipinski definition) is 5. The summed E-state index contributed by atoms with van der Waals surface area (Å²) in [6, 6.07) is 21.6. The molecule has 30 heavy (non-hydrogen) atoms. The molecule has 0 saturated carbocycles. The summed E-state index contributed by atoms with van der Waals surface area (Å²) >= 11 is 0. The first-order valence-electron chi connectivity index (χ1n) is 9.20. The third-order valence-corrected chi connectivity index (χ3v) is 4.16. The van der Waals surface area contributed by atoms with Crippen molar-refractivity contribution in [1.29, 1.82) is 0 Å². The summed E-state index contributed by atoms with van der Waals surface area (Å²) in [6.45, 7) is -0.183. The summed E-state index contributed by atoms with van der Waals surface area (Å²) in [6.07, 6.45) is 0. The highest BCUT2D eigenvalue weighted by atomic mass is 16.5. The number of anilines is 1. The second-order valence-corrected chi connectivity index (χ2v) is 6.39. The summed E-state index contributed by atoms with van der Waals surface area (Å²) in [4.78, 5) is 36.7. The number of benzene rings is 3. The molecule has 0 aromatic heterocycles. The summed E-state index contributed by atoms with van der Waals surface area (Å²) in [5, 5.41) is 14.8. The standard InChI is InChI=1S/C23H20N2O5/c26-18-10-6-9-17(13-18)23(29)30-15-21(27)25-20-12-5-4-11-19(20)22(28)24-14-16-7-2-1-3-8-16/h1-13,26H,14-15H2,(H,24,28)(H,25,27). The molecule has 0 spiro atoms. The van der Waals surface area contributed by atoms with Crippen LogP contribution in [0.3, 0.4) is 0 Å². The minimum atomic E-state index is -0.741. The van der Waals surface area contributed by atoms with Gasteiger partial charge < -0.3 is 20.5 Å². The van der Waals surface area contributed by atoms with Crippen molar-refractivity contribution in [3.8, 4) is 5.75 Å². The molecule has 0 saturated heterocycles. The Morgan fingerprint density at radius 2 is 1.60 bits per heavy atom. The third-order valence-electron chi connectivity index (χ3n) is 4.16. The van der Waals surface area contributed by atoms with Crippen LogP contribution in [-0.2, 0) is 16.1 Å².